The van der Waals surface area contributed by atoms with E-state index in [-0.39, 0.29) is 16.8 Å². The van der Waals surface area contributed by atoms with Crippen LogP contribution in [0.5, 0.6) is 0 Å². The van der Waals surface area contributed by atoms with Crippen molar-refractivity contribution in [1.29, 1.82) is 5.26 Å². The maximum atomic E-state index is 12.8. The van der Waals surface area contributed by atoms with Crippen LogP contribution in [0.1, 0.15) is 44.1 Å². The van der Waals surface area contributed by atoms with Crippen molar-refractivity contribution in [3.05, 3.63) is 43.1 Å². The zero-order chi connectivity index (χ0) is 20.7. The number of aryl methyl sites for hydroxylation is 2. The molecule has 0 saturated heterocycles. The van der Waals surface area contributed by atoms with E-state index in [4.69, 9.17) is 0 Å². The summed E-state index contributed by atoms with van der Waals surface area (Å²) in [6.07, 6.45) is 5.11. The number of hydrogen-bond donors (Lipinski definition) is 2. The minimum Gasteiger partial charge on any atom is -0.477 e. The molecule has 0 radical (unpaired) electrons. The number of fused-ring (bicyclic) bond motifs is 2. The van der Waals surface area contributed by atoms with Crippen molar-refractivity contribution in [2.24, 2.45) is 0 Å². The lowest BCUT2D eigenvalue weighted by atomic mass is 9.96. The van der Waals surface area contributed by atoms with Crippen molar-refractivity contribution in [3.8, 4) is 6.07 Å². The summed E-state index contributed by atoms with van der Waals surface area (Å²) in [7, 11) is 0. The Morgan fingerprint density at radius 1 is 1.34 bits per heavy atom. The van der Waals surface area contributed by atoms with Gasteiger partial charge in [-0.25, -0.2) is 9.78 Å². The van der Waals surface area contributed by atoms with E-state index in [9.17, 15) is 24.8 Å². The predicted molar refractivity (Wildman–Crippen MR) is 110 cm³/mol. The SMILES string of the molecule is Cc1c(C(=O)O)sc2ncn(CC(=O)Nc3sc4c(c3C#N)CCCC4)c(=O)c12. The number of carbonyl (C=O) groups is 2. The van der Waals surface area contributed by atoms with Crippen molar-refractivity contribution < 1.29 is 14.7 Å². The molecule has 3 heterocycles. The monoisotopic (exact) mass is 428 g/mol. The predicted octanol–water partition coefficient (Wildman–Crippen LogP) is 2.92. The largest absolute Gasteiger partial charge is 0.477 e. The van der Waals surface area contributed by atoms with Crippen molar-refractivity contribution in [2.45, 2.75) is 39.2 Å². The Morgan fingerprint density at radius 3 is 2.83 bits per heavy atom. The number of carbonyl (C=O) groups excluding carboxylic acids is 1. The Kier molecular flexibility index (Phi) is 4.94. The molecule has 148 valence electrons. The van der Waals surface area contributed by atoms with Gasteiger partial charge in [0.25, 0.3) is 5.56 Å². The van der Waals surface area contributed by atoms with E-state index in [1.165, 1.54) is 17.7 Å². The zero-order valence-electron chi connectivity index (χ0n) is 15.4. The van der Waals surface area contributed by atoms with Crippen LogP contribution in [0.25, 0.3) is 10.2 Å². The standard InChI is InChI=1S/C19H16N4O4S2/c1-9-14-17(29-15(9)19(26)27)21-8-23(18(14)25)7-13(24)22-16-11(6-20)10-4-2-3-5-12(10)28-16/h8H,2-5,7H2,1H3,(H,22,24)(H,26,27). The van der Waals surface area contributed by atoms with Crippen molar-refractivity contribution in [2.75, 3.05) is 5.32 Å². The van der Waals surface area contributed by atoms with Gasteiger partial charge in [0.1, 0.15) is 27.3 Å². The van der Waals surface area contributed by atoms with Crippen molar-refractivity contribution in [1.82, 2.24) is 9.55 Å². The minimum absolute atomic E-state index is 0.0645. The highest BCUT2D eigenvalue weighted by Crippen LogP contribution is 2.37. The van der Waals surface area contributed by atoms with E-state index >= 15 is 0 Å². The first-order valence-electron chi connectivity index (χ1n) is 8.97. The minimum atomic E-state index is -1.11. The summed E-state index contributed by atoms with van der Waals surface area (Å²) in [5, 5.41) is 22.2. The lowest BCUT2D eigenvalue weighted by Gasteiger charge is -2.09. The average molecular weight is 428 g/mol. The van der Waals surface area contributed by atoms with Gasteiger partial charge >= 0.3 is 5.97 Å². The second kappa shape index (κ2) is 7.42. The van der Waals surface area contributed by atoms with E-state index in [0.29, 0.717) is 21.0 Å². The smallest absolute Gasteiger partial charge is 0.346 e. The molecular weight excluding hydrogens is 412 g/mol. The van der Waals surface area contributed by atoms with E-state index in [2.05, 4.69) is 16.4 Å². The fourth-order valence-corrected chi connectivity index (χ4v) is 5.80. The van der Waals surface area contributed by atoms with Crippen LogP contribution >= 0.6 is 22.7 Å². The Bertz CT molecular complexity index is 1260. The Balaban J connectivity index is 1.62. The summed E-state index contributed by atoms with van der Waals surface area (Å²) < 4.78 is 1.16. The number of aromatic carboxylic acids is 1. The van der Waals surface area contributed by atoms with Gasteiger partial charge in [-0.3, -0.25) is 14.2 Å². The van der Waals surface area contributed by atoms with Gasteiger partial charge in [0.05, 0.1) is 17.3 Å². The maximum absolute atomic E-state index is 12.8. The van der Waals surface area contributed by atoms with Gasteiger partial charge in [-0.1, -0.05) is 0 Å². The van der Waals surface area contributed by atoms with E-state index in [1.807, 2.05) is 0 Å². The molecule has 3 aromatic rings. The number of carboxylic acids is 1. The number of thiophene rings is 2. The van der Waals surface area contributed by atoms with Crippen LogP contribution in [0.4, 0.5) is 5.00 Å². The van der Waals surface area contributed by atoms with Gasteiger partial charge in [-0.15, -0.1) is 22.7 Å². The summed E-state index contributed by atoms with van der Waals surface area (Å²) in [6, 6.07) is 2.19. The normalized spacial score (nSPS) is 13.1. The number of hydrogen-bond acceptors (Lipinski definition) is 7. The molecule has 2 N–H and O–H groups in total. The van der Waals surface area contributed by atoms with Gasteiger partial charge in [0.15, 0.2) is 0 Å². The first-order chi connectivity index (χ1) is 13.9. The van der Waals surface area contributed by atoms with Crippen LogP contribution in [-0.4, -0.2) is 26.5 Å². The molecule has 0 saturated carbocycles. The third-order valence-electron chi connectivity index (χ3n) is 4.96. The maximum Gasteiger partial charge on any atom is 0.346 e. The molecule has 10 heteroatoms. The molecule has 0 unspecified atom stereocenters. The van der Waals surface area contributed by atoms with Crippen LogP contribution in [0, 0.1) is 18.3 Å². The topological polar surface area (TPSA) is 125 Å². The summed E-state index contributed by atoms with van der Waals surface area (Å²) in [5.74, 6) is -1.55. The molecule has 0 fully saturated rings. The first kappa shape index (κ1) is 19.3. The van der Waals surface area contributed by atoms with E-state index < -0.39 is 17.4 Å². The van der Waals surface area contributed by atoms with Gasteiger partial charge in [-0.2, -0.15) is 5.26 Å². The fraction of sp³-hybridized carbons (Fsp3) is 0.316. The number of rotatable bonds is 4. The molecule has 29 heavy (non-hydrogen) atoms. The molecule has 4 rings (SSSR count). The molecule has 0 aromatic carbocycles. The average Bonchev–Trinajstić information content (AvgIpc) is 3.21. The van der Waals surface area contributed by atoms with Crippen LogP contribution < -0.4 is 10.9 Å². The molecule has 0 spiro atoms. The number of nitrogens with one attached hydrogen (secondary N) is 1. The lowest BCUT2D eigenvalue weighted by molar-refractivity contribution is -0.116. The first-order valence-corrected chi connectivity index (χ1v) is 10.6. The highest BCUT2D eigenvalue weighted by Gasteiger charge is 2.23. The number of nitriles is 1. The number of carboxylic acid groups (broad SMARTS) is 1. The Morgan fingerprint density at radius 2 is 2.10 bits per heavy atom. The van der Waals surface area contributed by atoms with E-state index in [0.717, 1.165) is 52.0 Å². The lowest BCUT2D eigenvalue weighted by Crippen LogP contribution is -2.27. The summed E-state index contributed by atoms with van der Waals surface area (Å²) in [4.78, 5) is 42.3. The van der Waals surface area contributed by atoms with Crippen LogP contribution in [0.2, 0.25) is 0 Å². The Labute approximate surface area is 173 Å². The molecule has 0 bridgehead atoms. The van der Waals surface area contributed by atoms with Gasteiger partial charge in [-0.05, 0) is 43.7 Å². The summed E-state index contributed by atoms with van der Waals surface area (Å²) >= 11 is 2.36. The molecule has 1 aliphatic rings. The number of aromatic nitrogens is 2. The second-order valence-electron chi connectivity index (χ2n) is 6.79. The zero-order valence-corrected chi connectivity index (χ0v) is 17.1. The molecule has 8 nitrogen and oxygen atoms in total. The van der Waals surface area contributed by atoms with E-state index in [1.54, 1.807) is 6.92 Å². The van der Waals surface area contributed by atoms with Gasteiger partial charge in [0, 0.05) is 4.88 Å². The number of amides is 1. The quantitative estimate of drug-likeness (QED) is 0.658. The number of anilines is 1. The van der Waals surface area contributed by atoms with Crippen LogP contribution in [0.3, 0.4) is 0 Å². The molecule has 3 aromatic heterocycles. The second-order valence-corrected chi connectivity index (χ2v) is 8.90. The third-order valence-corrected chi connectivity index (χ3v) is 7.36. The molecular formula is C19H16N4O4S2. The molecule has 0 aliphatic heterocycles. The van der Waals surface area contributed by atoms with Crippen molar-refractivity contribution >= 4 is 49.8 Å². The van der Waals surface area contributed by atoms with Gasteiger partial charge < -0.3 is 10.4 Å². The number of nitrogens with zero attached hydrogens (tertiary/aromatic N) is 3. The molecule has 1 aliphatic carbocycles. The molecule has 0 atom stereocenters. The Hall–Kier alpha value is -3.03. The summed E-state index contributed by atoms with van der Waals surface area (Å²) in [5.41, 5.74) is 1.42. The highest BCUT2D eigenvalue weighted by molar-refractivity contribution is 7.20. The van der Waals surface area contributed by atoms with Crippen LogP contribution in [-0.2, 0) is 24.2 Å². The van der Waals surface area contributed by atoms with Gasteiger partial charge in [0.2, 0.25) is 5.91 Å². The summed E-state index contributed by atoms with van der Waals surface area (Å²) in [6.45, 7) is 1.29. The van der Waals surface area contributed by atoms with Crippen molar-refractivity contribution in [3.63, 3.8) is 0 Å². The molecule has 1 amide bonds. The fourth-order valence-electron chi connectivity index (χ4n) is 3.57. The third kappa shape index (κ3) is 3.32. The van der Waals surface area contributed by atoms with Crippen LogP contribution in [0.15, 0.2) is 11.1 Å². The highest BCUT2D eigenvalue weighted by atomic mass is 32.1.